The van der Waals surface area contributed by atoms with Crippen LogP contribution in [0, 0.1) is 0 Å². The summed E-state index contributed by atoms with van der Waals surface area (Å²) in [6.45, 7) is 1.24. The first-order chi connectivity index (χ1) is 10.3. The molecule has 1 N–H and O–H groups in total. The lowest BCUT2D eigenvalue weighted by Gasteiger charge is -2.14. The number of carbonyl (C=O) groups excluding carboxylic acids is 1. The largest absolute Gasteiger partial charge is 0.490 e. The van der Waals surface area contributed by atoms with E-state index in [4.69, 9.17) is 9.47 Å². The van der Waals surface area contributed by atoms with E-state index < -0.39 is 0 Å². The number of nitrogens with one attached hydrogen (secondary N) is 1. The molecule has 0 bridgehead atoms. The Kier molecular flexibility index (Phi) is 4.76. The van der Waals surface area contributed by atoms with Crippen molar-refractivity contribution in [3.63, 3.8) is 0 Å². The van der Waals surface area contributed by atoms with Crippen LogP contribution in [0.4, 0.5) is 0 Å². The molecule has 1 heterocycles. The van der Waals surface area contributed by atoms with E-state index >= 15 is 0 Å². The molecule has 1 saturated carbocycles. The summed E-state index contributed by atoms with van der Waals surface area (Å²) in [7, 11) is 0. The topological polar surface area (TPSA) is 47.6 Å². The molecule has 0 radical (unpaired) electrons. The molecule has 1 aromatic rings. The molecule has 3 rings (SSSR count). The first kappa shape index (κ1) is 14.4. The molecule has 1 saturated heterocycles. The Bertz CT molecular complexity index is 459. The summed E-state index contributed by atoms with van der Waals surface area (Å²) in [6.07, 6.45) is 6.82. The molecule has 2 aliphatic rings. The number of carbonyl (C=O) groups is 1. The summed E-state index contributed by atoms with van der Waals surface area (Å²) in [6, 6.07) is 8.01. The van der Waals surface area contributed by atoms with E-state index in [0.29, 0.717) is 19.3 Å². The van der Waals surface area contributed by atoms with Gasteiger partial charge in [-0.15, -0.1) is 0 Å². The number of benzene rings is 1. The Morgan fingerprint density at radius 3 is 2.57 bits per heavy atom. The van der Waals surface area contributed by atoms with Crippen LogP contribution in [0.5, 0.6) is 5.75 Å². The fraction of sp³-hybridized carbons (Fsp3) is 0.588. The van der Waals surface area contributed by atoms with E-state index in [9.17, 15) is 4.79 Å². The number of rotatable bonds is 5. The second-order valence-corrected chi connectivity index (χ2v) is 5.89. The van der Waals surface area contributed by atoms with Crippen molar-refractivity contribution in [2.75, 3.05) is 6.61 Å². The van der Waals surface area contributed by atoms with Gasteiger partial charge in [0.25, 0.3) is 0 Å². The Hall–Kier alpha value is -1.55. The average molecular weight is 289 g/mol. The second kappa shape index (κ2) is 6.94. The molecule has 2 fully saturated rings. The van der Waals surface area contributed by atoms with Crippen molar-refractivity contribution in [3.05, 3.63) is 29.8 Å². The van der Waals surface area contributed by atoms with Crippen molar-refractivity contribution in [3.8, 4) is 5.75 Å². The van der Waals surface area contributed by atoms with E-state index in [1.165, 1.54) is 25.7 Å². The number of hydrogen-bond donors (Lipinski definition) is 1. The highest BCUT2D eigenvalue weighted by Crippen LogP contribution is 2.24. The Morgan fingerprint density at radius 1 is 1.14 bits per heavy atom. The third-order valence-electron chi connectivity index (χ3n) is 4.22. The smallest absolute Gasteiger partial charge is 0.249 e. The van der Waals surface area contributed by atoms with E-state index in [-0.39, 0.29) is 12.0 Å². The second-order valence-electron chi connectivity index (χ2n) is 5.89. The first-order valence-electron chi connectivity index (χ1n) is 7.96. The number of amides is 1. The molecule has 0 aromatic heterocycles. The molecule has 21 heavy (non-hydrogen) atoms. The zero-order valence-corrected chi connectivity index (χ0v) is 12.3. The van der Waals surface area contributed by atoms with Crippen LogP contribution in [0.3, 0.4) is 0 Å². The van der Waals surface area contributed by atoms with Crippen molar-refractivity contribution in [2.45, 2.75) is 57.3 Å². The van der Waals surface area contributed by atoms with Crippen LogP contribution in [0.25, 0.3) is 0 Å². The number of hydrogen-bond acceptors (Lipinski definition) is 3. The van der Waals surface area contributed by atoms with Crippen LogP contribution in [0.15, 0.2) is 24.3 Å². The van der Waals surface area contributed by atoms with Gasteiger partial charge in [0, 0.05) is 13.2 Å². The predicted molar refractivity (Wildman–Crippen MR) is 80.1 cm³/mol. The van der Waals surface area contributed by atoms with Gasteiger partial charge in [0.1, 0.15) is 11.9 Å². The van der Waals surface area contributed by atoms with Crippen LogP contribution in [-0.4, -0.2) is 24.7 Å². The molecule has 1 aromatic carbocycles. The summed E-state index contributed by atoms with van der Waals surface area (Å²) >= 11 is 0. The van der Waals surface area contributed by atoms with Gasteiger partial charge in [-0.2, -0.15) is 0 Å². The molecule has 1 unspecified atom stereocenters. The van der Waals surface area contributed by atoms with Gasteiger partial charge in [0.05, 0.1) is 6.10 Å². The molecule has 1 amide bonds. The van der Waals surface area contributed by atoms with Crippen molar-refractivity contribution in [1.82, 2.24) is 5.32 Å². The molecule has 114 valence electrons. The lowest BCUT2D eigenvalue weighted by Crippen LogP contribution is -2.33. The Labute approximate surface area is 125 Å². The van der Waals surface area contributed by atoms with Gasteiger partial charge < -0.3 is 14.8 Å². The van der Waals surface area contributed by atoms with Crippen molar-refractivity contribution in [2.24, 2.45) is 0 Å². The predicted octanol–water partition coefficient (Wildman–Crippen LogP) is 2.80. The van der Waals surface area contributed by atoms with Crippen LogP contribution in [0.2, 0.25) is 0 Å². The number of ether oxygens (including phenoxy) is 2. The molecule has 4 heteroatoms. The molecule has 0 spiro atoms. The molecular formula is C17H23NO3. The summed E-state index contributed by atoms with van der Waals surface area (Å²) in [4.78, 5) is 11.9. The highest BCUT2D eigenvalue weighted by Gasteiger charge is 2.23. The summed E-state index contributed by atoms with van der Waals surface area (Å²) < 4.78 is 11.3. The van der Waals surface area contributed by atoms with Gasteiger partial charge in [-0.05, 0) is 56.2 Å². The fourth-order valence-corrected chi connectivity index (χ4v) is 2.97. The maximum atomic E-state index is 11.9. The minimum atomic E-state index is -0.255. The molecule has 1 aliphatic heterocycles. The van der Waals surface area contributed by atoms with Crippen molar-refractivity contribution in [1.29, 1.82) is 0 Å². The van der Waals surface area contributed by atoms with Gasteiger partial charge >= 0.3 is 0 Å². The van der Waals surface area contributed by atoms with E-state index in [2.05, 4.69) is 5.32 Å². The summed E-state index contributed by atoms with van der Waals surface area (Å²) in [5.41, 5.74) is 1.08. The summed E-state index contributed by atoms with van der Waals surface area (Å²) in [5.74, 6) is 0.926. The SMILES string of the molecule is O=C(NCc1ccc(OC2CCCC2)cc1)C1CCCO1. The highest BCUT2D eigenvalue weighted by atomic mass is 16.5. The quantitative estimate of drug-likeness (QED) is 0.906. The van der Waals surface area contributed by atoms with Crippen molar-refractivity contribution >= 4 is 5.91 Å². The van der Waals surface area contributed by atoms with E-state index in [0.717, 1.165) is 24.2 Å². The third-order valence-corrected chi connectivity index (χ3v) is 4.22. The third kappa shape index (κ3) is 3.97. The zero-order valence-electron chi connectivity index (χ0n) is 12.3. The minimum absolute atomic E-state index is 0.00113. The maximum absolute atomic E-state index is 11.9. The van der Waals surface area contributed by atoms with Gasteiger partial charge in [-0.3, -0.25) is 4.79 Å². The van der Waals surface area contributed by atoms with E-state index in [1.54, 1.807) is 0 Å². The highest BCUT2D eigenvalue weighted by molar-refractivity contribution is 5.80. The van der Waals surface area contributed by atoms with Crippen LogP contribution >= 0.6 is 0 Å². The van der Waals surface area contributed by atoms with Crippen LogP contribution < -0.4 is 10.1 Å². The average Bonchev–Trinajstić information content (AvgIpc) is 3.19. The Morgan fingerprint density at radius 2 is 1.90 bits per heavy atom. The van der Waals surface area contributed by atoms with Crippen LogP contribution in [-0.2, 0) is 16.1 Å². The molecule has 1 atom stereocenters. The minimum Gasteiger partial charge on any atom is -0.490 e. The lowest BCUT2D eigenvalue weighted by atomic mass is 10.2. The van der Waals surface area contributed by atoms with Gasteiger partial charge in [-0.1, -0.05) is 12.1 Å². The van der Waals surface area contributed by atoms with E-state index in [1.807, 2.05) is 24.3 Å². The molecule has 4 nitrogen and oxygen atoms in total. The summed E-state index contributed by atoms with van der Waals surface area (Å²) in [5, 5.41) is 2.93. The van der Waals surface area contributed by atoms with Crippen molar-refractivity contribution < 1.29 is 14.3 Å². The monoisotopic (exact) mass is 289 g/mol. The fourth-order valence-electron chi connectivity index (χ4n) is 2.97. The Balaban J connectivity index is 1.46. The normalized spacial score (nSPS) is 22.4. The van der Waals surface area contributed by atoms with Gasteiger partial charge in [0.15, 0.2) is 0 Å². The van der Waals surface area contributed by atoms with Crippen LogP contribution in [0.1, 0.15) is 44.1 Å². The standard InChI is InChI=1S/C17H23NO3/c19-17(16-6-3-11-20-16)18-12-13-7-9-15(10-8-13)21-14-4-1-2-5-14/h7-10,14,16H,1-6,11-12H2,(H,18,19). The first-order valence-corrected chi connectivity index (χ1v) is 7.96. The van der Waals surface area contributed by atoms with Gasteiger partial charge in [0.2, 0.25) is 5.91 Å². The molecule has 1 aliphatic carbocycles. The lowest BCUT2D eigenvalue weighted by molar-refractivity contribution is -0.130. The molecular weight excluding hydrogens is 266 g/mol. The zero-order chi connectivity index (χ0) is 14.5. The maximum Gasteiger partial charge on any atom is 0.249 e. The van der Waals surface area contributed by atoms with Gasteiger partial charge in [-0.25, -0.2) is 0 Å².